The first-order valence-electron chi connectivity index (χ1n) is 7.20. The molecule has 2 aromatic heterocycles. The van der Waals surface area contributed by atoms with Gasteiger partial charge in [0.2, 0.25) is 5.95 Å². The van der Waals surface area contributed by atoms with Crippen molar-refractivity contribution in [3.05, 3.63) is 47.8 Å². The van der Waals surface area contributed by atoms with Crippen molar-refractivity contribution in [2.24, 2.45) is 0 Å². The smallest absolute Gasteiger partial charge is 0.225 e. The Labute approximate surface area is 128 Å². The van der Waals surface area contributed by atoms with Crippen LogP contribution in [0.5, 0.6) is 0 Å². The van der Waals surface area contributed by atoms with Crippen LogP contribution >= 0.6 is 0 Å². The molecule has 1 saturated heterocycles. The number of anilines is 1. The molecule has 1 aliphatic heterocycles. The van der Waals surface area contributed by atoms with E-state index in [9.17, 15) is 9.50 Å². The molecule has 2 aromatic rings. The van der Waals surface area contributed by atoms with E-state index in [1.165, 1.54) is 12.1 Å². The zero-order valence-corrected chi connectivity index (χ0v) is 12.3. The summed E-state index contributed by atoms with van der Waals surface area (Å²) in [6.45, 7) is 5.12. The molecule has 0 bridgehead atoms. The molecule has 0 amide bonds. The monoisotopic (exact) mass is 303 g/mol. The third-order valence-corrected chi connectivity index (χ3v) is 3.83. The van der Waals surface area contributed by atoms with Crippen LogP contribution in [0.25, 0.3) is 0 Å². The average Bonchev–Trinajstić information content (AvgIpc) is 2.56. The second-order valence-corrected chi connectivity index (χ2v) is 5.44. The fourth-order valence-corrected chi connectivity index (χ4v) is 2.41. The van der Waals surface area contributed by atoms with Gasteiger partial charge < -0.3 is 15.3 Å². The molecule has 3 heterocycles. The SMILES string of the molecule is CC(O)(c1cnc(N2CCNCC2)nc1)c1ccc(F)cn1. The van der Waals surface area contributed by atoms with Gasteiger partial charge in [-0.2, -0.15) is 0 Å². The van der Waals surface area contributed by atoms with Crippen LogP contribution in [0.3, 0.4) is 0 Å². The number of pyridine rings is 1. The lowest BCUT2D eigenvalue weighted by Crippen LogP contribution is -2.44. The molecule has 1 fully saturated rings. The van der Waals surface area contributed by atoms with Crippen LogP contribution in [0.15, 0.2) is 30.7 Å². The summed E-state index contributed by atoms with van der Waals surface area (Å²) in [5.41, 5.74) is -0.492. The number of piperazine rings is 1. The van der Waals surface area contributed by atoms with Gasteiger partial charge >= 0.3 is 0 Å². The molecule has 2 N–H and O–H groups in total. The lowest BCUT2D eigenvalue weighted by molar-refractivity contribution is 0.0965. The minimum atomic E-state index is -1.37. The predicted octanol–water partition coefficient (Wildman–Crippen LogP) is 0.676. The first-order chi connectivity index (χ1) is 10.6. The van der Waals surface area contributed by atoms with E-state index in [1.54, 1.807) is 19.3 Å². The zero-order valence-electron chi connectivity index (χ0n) is 12.3. The van der Waals surface area contributed by atoms with Gasteiger partial charge in [-0.1, -0.05) is 0 Å². The molecule has 0 saturated carbocycles. The zero-order chi connectivity index (χ0) is 15.6. The van der Waals surface area contributed by atoms with Crippen molar-refractivity contribution in [3.63, 3.8) is 0 Å². The van der Waals surface area contributed by atoms with Crippen molar-refractivity contribution in [3.8, 4) is 0 Å². The van der Waals surface area contributed by atoms with E-state index in [-0.39, 0.29) is 0 Å². The third kappa shape index (κ3) is 2.90. The number of hydrogen-bond donors (Lipinski definition) is 2. The summed E-state index contributed by atoms with van der Waals surface area (Å²) in [6, 6.07) is 2.73. The molecule has 7 heteroatoms. The Hall–Kier alpha value is -2.12. The summed E-state index contributed by atoms with van der Waals surface area (Å²) in [6.07, 6.45) is 4.27. The summed E-state index contributed by atoms with van der Waals surface area (Å²) in [7, 11) is 0. The molecule has 1 aliphatic rings. The Morgan fingerprint density at radius 3 is 2.41 bits per heavy atom. The number of nitrogens with zero attached hydrogens (tertiary/aromatic N) is 4. The first-order valence-corrected chi connectivity index (χ1v) is 7.20. The Morgan fingerprint density at radius 2 is 1.82 bits per heavy atom. The maximum absolute atomic E-state index is 13.0. The van der Waals surface area contributed by atoms with Crippen molar-refractivity contribution in [1.82, 2.24) is 20.3 Å². The normalized spacial score (nSPS) is 18.0. The molecule has 1 unspecified atom stereocenters. The van der Waals surface area contributed by atoms with Gasteiger partial charge in [-0.05, 0) is 19.1 Å². The Bertz CT molecular complexity index is 623. The number of hydrogen-bond acceptors (Lipinski definition) is 6. The van der Waals surface area contributed by atoms with Crippen LogP contribution in [0.4, 0.5) is 10.3 Å². The van der Waals surface area contributed by atoms with E-state index in [2.05, 4.69) is 25.2 Å². The van der Waals surface area contributed by atoms with Crippen LogP contribution in [0, 0.1) is 5.82 Å². The standard InChI is InChI=1S/C15H18FN5O/c1-15(22,13-3-2-12(16)10-18-13)11-8-19-14(20-9-11)21-6-4-17-5-7-21/h2-3,8-10,17,22H,4-7H2,1H3. The fourth-order valence-electron chi connectivity index (χ4n) is 2.41. The first kappa shape index (κ1) is 14.8. The number of nitrogens with one attached hydrogen (secondary N) is 1. The van der Waals surface area contributed by atoms with Crippen molar-refractivity contribution < 1.29 is 9.50 Å². The third-order valence-electron chi connectivity index (χ3n) is 3.83. The van der Waals surface area contributed by atoms with E-state index in [4.69, 9.17) is 0 Å². The van der Waals surface area contributed by atoms with E-state index >= 15 is 0 Å². The number of aromatic nitrogens is 3. The topological polar surface area (TPSA) is 74.2 Å². The minimum absolute atomic E-state index is 0.354. The highest BCUT2D eigenvalue weighted by Crippen LogP contribution is 2.27. The Morgan fingerprint density at radius 1 is 1.14 bits per heavy atom. The Kier molecular flexibility index (Phi) is 4.00. The van der Waals surface area contributed by atoms with E-state index in [0.29, 0.717) is 17.2 Å². The van der Waals surface area contributed by atoms with Gasteiger partial charge in [-0.15, -0.1) is 0 Å². The highest BCUT2D eigenvalue weighted by Gasteiger charge is 2.28. The summed E-state index contributed by atoms with van der Waals surface area (Å²) in [4.78, 5) is 14.7. The van der Waals surface area contributed by atoms with Crippen LogP contribution in [0.1, 0.15) is 18.2 Å². The molecule has 0 radical (unpaired) electrons. The number of halogens is 1. The summed E-state index contributed by atoms with van der Waals surface area (Å²) in [5, 5.41) is 13.9. The average molecular weight is 303 g/mol. The van der Waals surface area contributed by atoms with E-state index < -0.39 is 11.4 Å². The Balaban J connectivity index is 1.83. The minimum Gasteiger partial charge on any atom is -0.379 e. The van der Waals surface area contributed by atoms with Crippen LogP contribution in [-0.2, 0) is 5.60 Å². The van der Waals surface area contributed by atoms with E-state index in [1.807, 2.05) is 0 Å². The lowest BCUT2D eigenvalue weighted by atomic mass is 9.94. The summed E-state index contributed by atoms with van der Waals surface area (Å²) in [5.74, 6) is 0.206. The van der Waals surface area contributed by atoms with Crippen LogP contribution in [0.2, 0.25) is 0 Å². The molecule has 0 spiro atoms. The molecule has 3 rings (SSSR count). The molecule has 116 valence electrons. The molecule has 0 aromatic carbocycles. The fraction of sp³-hybridized carbons (Fsp3) is 0.400. The largest absolute Gasteiger partial charge is 0.379 e. The molecule has 1 atom stereocenters. The quantitative estimate of drug-likeness (QED) is 0.868. The van der Waals surface area contributed by atoms with Gasteiger partial charge in [0.25, 0.3) is 0 Å². The summed E-state index contributed by atoms with van der Waals surface area (Å²) < 4.78 is 13.0. The van der Waals surface area contributed by atoms with Gasteiger partial charge in [-0.25, -0.2) is 14.4 Å². The van der Waals surface area contributed by atoms with Crippen molar-refractivity contribution >= 4 is 5.95 Å². The second kappa shape index (κ2) is 5.94. The van der Waals surface area contributed by atoms with Gasteiger partial charge in [0, 0.05) is 44.1 Å². The molecule has 0 aliphatic carbocycles. The molecule has 6 nitrogen and oxygen atoms in total. The summed E-state index contributed by atoms with van der Waals surface area (Å²) >= 11 is 0. The van der Waals surface area contributed by atoms with Gasteiger partial charge in [0.15, 0.2) is 0 Å². The van der Waals surface area contributed by atoms with Crippen molar-refractivity contribution in [2.75, 3.05) is 31.1 Å². The van der Waals surface area contributed by atoms with Gasteiger partial charge in [-0.3, -0.25) is 4.98 Å². The van der Waals surface area contributed by atoms with E-state index in [0.717, 1.165) is 32.4 Å². The van der Waals surface area contributed by atoms with Gasteiger partial charge in [0.05, 0.1) is 11.9 Å². The number of aliphatic hydroxyl groups is 1. The predicted molar refractivity (Wildman–Crippen MR) is 80.0 cm³/mol. The number of rotatable bonds is 3. The molecular formula is C15H18FN5O. The molecule has 22 heavy (non-hydrogen) atoms. The van der Waals surface area contributed by atoms with Crippen LogP contribution < -0.4 is 10.2 Å². The van der Waals surface area contributed by atoms with Gasteiger partial charge in [0.1, 0.15) is 11.4 Å². The highest BCUT2D eigenvalue weighted by molar-refractivity contribution is 5.34. The lowest BCUT2D eigenvalue weighted by Gasteiger charge is -2.28. The molecular weight excluding hydrogens is 285 g/mol. The van der Waals surface area contributed by atoms with Crippen LogP contribution in [-0.4, -0.2) is 46.2 Å². The highest BCUT2D eigenvalue weighted by atomic mass is 19.1. The van der Waals surface area contributed by atoms with Crippen molar-refractivity contribution in [2.45, 2.75) is 12.5 Å². The van der Waals surface area contributed by atoms with Crippen molar-refractivity contribution in [1.29, 1.82) is 0 Å². The second-order valence-electron chi connectivity index (χ2n) is 5.44. The maximum Gasteiger partial charge on any atom is 0.225 e. The maximum atomic E-state index is 13.0.